The van der Waals surface area contributed by atoms with E-state index >= 15 is 0 Å². The highest BCUT2D eigenvalue weighted by atomic mass is 32.2. The highest BCUT2D eigenvalue weighted by molar-refractivity contribution is 7.92. The van der Waals surface area contributed by atoms with E-state index in [9.17, 15) is 17.6 Å². The van der Waals surface area contributed by atoms with Gasteiger partial charge in [-0.3, -0.25) is 9.10 Å². The van der Waals surface area contributed by atoms with E-state index in [2.05, 4.69) is 5.32 Å². The van der Waals surface area contributed by atoms with E-state index in [0.717, 1.165) is 23.4 Å². The Morgan fingerprint density at radius 2 is 1.83 bits per heavy atom. The Morgan fingerprint density at radius 1 is 1.17 bits per heavy atom. The van der Waals surface area contributed by atoms with Crippen LogP contribution in [0.25, 0.3) is 0 Å². The third-order valence-corrected chi connectivity index (χ3v) is 5.69. The summed E-state index contributed by atoms with van der Waals surface area (Å²) >= 11 is 0. The lowest BCUT2D eigenvalue weighted by Gasteiger charge is -2.24. The molecule has 2 rings (SSSR count). The number of hydrogen-bond acceptors (Lipinski definition) is 4. The number of halogens is 1. The highest BCUT2D eigenvalue weighted by Gasteiger charge is 2.21. The van der Waals surface area contributed by atoms with Crippen LogP contribution < -0.4 is 14.4 Å². The molecule has 0 saturated heterocycles. The summed E-state index contributed by atoms with van der Waals surface area (Å²) in [7, 11) is -3.67. The van der Waals surface area contributed by atoms with Crippen molar-refractivity contribution in [3.05, 3.63) is 59.4 Å². The summed E-state index contributed by atoms with van der Waals surface area (Å²) in [5, 5.41) is 2.94. The van der Waals surface area contributed by atoms with Gasteiger partial charge in [-0.1, -0.05) is 13.3 Å². The summed E-state index contributed by atoms with van der Waals surface area (Å²) in [6.45, 7) is 6.15. The first-order chi connectivity index (χ1) is 14.2. The van der Waals surface area contributed by atoms with Crippen molar-refractivity contribution in [1.82, 2.24) is 5.32 Å². The van der Waals surface area contributed by atoms with Crippen molar-refractivity contribution in [3.8, 4) is 5.75 Å². The second kappa shape index (κ2) is 10.4. The number of benzene rings is 2. The Bertz CT molecular complexity index is 962. The molecule has 0 bridgehead atoms. The maximum Gasteiger partial charge on any atom is 0.251 e. The fraction of sp³-hybridized carbons (Fsp3) is 0.409. The summed E-state index contributed by atoms with van der Waals surface area (Å²) in [6, 6.07) is 10.2. The van der Waals surface area contributed by atoms with Crippen molar-refractivity contribution < 1.29 is 22.3 Å². The molecule has 0 spiro atoms. The number of sulfonamides is 1. The Morgan fingerprint density at radius 3 is 2.40 bits per heavy atom. The van der Waals surface area contributed by atoms with Gasteiger partial charge in [0.2, 0.25) is 10.0 Å². The number of amides is 1. The molecule has 1 atom stereocenters. The zero-order valence-corrected chi connectivity index (χ0v) is 18.6. The minimum atomic E-state index is -3.67. The first-order valence-corrected chi connectivity index (χ1v) is 11.8. The van der Waals surface area contributed by atoms with Gasteiger partial charge in [-0.25, -0.2) is 12.8 Å². The van der Waals surface area contributed by atoms with Crippen molar-refractivity contribution in [2.45, 2.75) is 46.2 Å². The zero-order chi connectivity index (χ0) is 22.3. The van der Waals surface area contributed by atoms with Crippen LogP contribution in [0.3, 0.4) is 0 Å². The molecule has 8 heteroatoms. The lowest BCUT2D eigenvalue weighted by atomic mass is 10.1. The van der Waals surface area contributed by atoms with E-state index in [1.165, 1.54) is 24.3 Å². The van der Waals surface area contributed by atoms with Crippen LogP contribution in [0.15, 0.2) is 42.5 Å². The van der Waals surface area contributed by atoms with E-state index in [4.69, 9.17) is 4.74 Å². The zero-order valence-electron chi connectivity index (χ0n) is 17.8. The number of carbonyl (C=O) groups excluding carboxylic acids is 1. The van der Waals surface area contributed by atoms with Crippen molar-refractivity contribution >= 4 is 21.6 Å². The molecular formula is C22H29FN2O4S. The Balaban J connectivity index is 2.40. The predicted molar refractivity (Wildman–Crippen MR) is 117 cm³/mol. The molecule has 0 fully saturated rings. The van der Waals surface area contributed by atoms with Crippen LogP contribution in [0.5, 0.6) is 5.75 Å². The third-order valence-electron chi connectivity index (χ3n) is 4.55. The minimum absolute atomic E-state index is 0.0317. The summed E-state index contributed by atoms with van der Waals surface area (Å²) in [4.78, 5) is 12.6. The molecule has 0 aliphatic rings. The molecule has 1 N–H and O–H groups in total. The average molecular weight is 437 g/mol. The molecule has 0 aliphatic carbocycles. The van der Waals surface area contributed by atoms with Crippen molar-refractivity contribution in [1.29, 1.82) is 0 Å². The smallest absolute Gasteiger partial charge is 0.251 e. The molecule has 0 aromatic heterocycles. The maximum atomic E-state index is 13.3. The number of anilines is 1. The minimum Gasteiger partial charge on any atom is -0.494 e. The molecule has 2 aromatic rings. The molecular weight excluding hydrogens is 407 g/mol. The molecule has 0 unspecified atom stereocenters. The van der Waals surface area contributed by atoms with Crippen LogP contribution >= 0.6 is 0 Å². The average Bonchev–Trinajstić information content (AvgIpc) is 2.67. The lowest BCUT2D eigenvalue weighted by molar-refractivity contribution is 0.0938. The molecule has 30 heavy (non-hydrogen) atoms. The third kappa shape index (κ3) is 6.45. The molecule has 0 heterocycles. The number of carbonyl (C=O) groups is 1. The second-order valence-electron chi connectivity index (χ2n) is 7.16. The van der Waals surface area contributed by atoms with Gasteiger partial charge in [0.15, 0.2) is 0 Å². The topological polar surface area (TPSA) is 75.7 Å². The standard InChI is InChI=1S/C22H29FN2O4S/c1-5-7-16(3)24-22(26)17-8-13-21(29-6-2)18(14-17)15-25(30(4,27)28)20-11-9-19(23)10-12-20/h8-14,16H,5-7,15H2,1-4H3,(H,24,26)/t16-/m0/s1. The Hall–Kier alpha value is -2.61. The molecule has 0 aliphatic heterocycles. The van der Waals surface area contributed by atoms with Gasteiger partial charge in [0, 0.05) is 17.2 Å². The van der Waals surface area contributed by atoms with Crippen molar-refractivity contribution in [3.63, 3.8) is 0 Å². The largest absolute Gasteiger partial charge is 0.494 e. The summed E-state index contributed by atoms with van der Waals surface area (Å²) in [5.41, 5.74) is 1.29. The maximum absolute atomic E-state index is 13.3. The van der Waals surface area contributed by atoms with Gasteiger partial charge in [0.05, 0.1) is 25.1 Å². The number of hydrogen-bond donors (Lipinski definition) is 1. The van der Waals surface area contributed by atoms with E-state index in [-0.39, 0.29) is 18.5 Å². The number of rotatable bonds is 10. The quantitative estimate of drug-likeness (QED) is 0.608. The van der Waals surface area contributed by atoms with Gasteiger partial charge in [-0.05, 0) is 62.7 Å². The van der Waals surface area contributed by atoms with Crippen LogP contribution in [0.1, 0.15) is 49.5 Å². The Kier molecular flexibility index (Phi) is 8.23. The molecule has 2 aromatic carbocycles. The van der Waals surface area contributed by atoms with Crippen LogP contribution in [-0.4, -0.2) is 33.2 Å². The van der Waals surface area contributed by atoms with E-state index in [1.54, 1.807) is 18.2 Å². The molecule has 164 valence electrons. The van der Waals surface area contributed by atoms with Crippen LogP contribution in [0.2, 0.25) is 0 Å². The molecule has 0 radical (unpaired) electrons. The van der Waals surface area contributed by atoms with Crippen LogP contribution in [0, 0.1) is 5.82 Å². The first-order valence-electron chi connectivity index (χ1n) is 9.95. The van der Waals surface area contributed by atoms with Gasteiger partial charge in [-0.15, -0.1) is 0 Å². The normalized spacial score (nSPS) is 12.3. The van der Waals surface area contributed by atoms with E-state index < -0.39 is 15.8 Å². The molecule has 0 saturated carbocycles. The second-order valence-corrected chi connectivity index (χ2v) is 9.07. The summed E-state index contributed by atoms with van der Waals surface area (Å²) < 4.78 is 45.0. The van der Waals surface area contributed by atoms with Crippen LogP contribution in [-0.2, 0) is 16.6 Å². The SMILES string of the molecule is CCC[C@H](C)NC(=O)c1ccc(OCC)c(CN(c2ccc(F)cc2)S(C)(=O)=O)c1. The fourth-order valence-corrected chi connectivity index (χ4v) is 3.99. The fourth-order valence-electron chi connectivity index (χ4n) is 3.11. The molecule has 1 amide bonds. The number of nitrogens with zero attached hydrogens (tertiary/aromatic N) is 1. The number of nitrogens with one attached hydrogen (secondary N) is 1. The van der Waals surface area contributed by atoms with Crippen molar-refractivity contribution in [2.24, 2.45) is 0 Å². The first kappa shape index (κ1) is 23.7. The van der Waals surface area contributed by atoms with Gasteiger partial charge < -0.3 is 10.1 Å². The highest BCUT2D eigenvalue weighted by Crippen LogP contribution is 2.27. The van der Waals surface area contributed by atoms with Crippen molar-refractivity contribution in [2.75, 3.05) is 17.2 Å². The summed E-state index contributed by atoms with van der Waals surface area (Å²) in [5.74, 6) is -0.193. The summed E-state index contributed by atoms with van der Waals surface area (Å²) in [6.07, 6.45) is 2.90. The predicted octanol–water partition coefficient (Wildman–Crippen LogP) is 4.11. The number of ether oxygens (including phenoxy) is 1. The lowest BCUT2D eigenvalue weighted by Crippen LogP contribution is -2.33. The molecule has 6 nitrogen and oxygen atoms in total. The Labute approximate surface area is 178 Å². The van der Waals surface area contributed by atoms with E-state index in [0.29, 0.717) is 29.2 Å². The van der Waals surface area contributed by atoms with E-state index in [1.807, 2.05) is 20.8 Å². The van der Waals surface area contributed by atoms with Gasteiger partial charge in [0.25, 0.3) is 5.91 Å². The monoisotopic (exact) mass is 436 g/mol. The van der Waals surface area contributed by atoms with Crippen LogP contribution in [0.4, 0.5) is 10.1 Å². The van der Waals surface area contributed by atoms with Gasteiger partial charge in [0.1, 0.15) is 11.6 Å². The van der Waals surface area contributed by atoms with Gasteiger partial charge in [-0.2, -0.15) is 0 Å². The van der Waals surface area contributed by atoms with Gasteiger partial charge >= 0.3 is 0 Å².